The van der Waals surface area contributed by atoms with Gasteiger partial charge in [-0.05, 0) is 45.2 Å². The van der Waals surface area contributed by atoms with Crippen LogP contribution in [0.4, 0.5) is 0 Å². The first-order chi connectivity index (χ1) is 9.19. The number of hydrogen-bond acceptors (Lipinski definition) is 4. The van der Waals surface area contributed by atoms with E-state index in [1.807, 2.05) is 6.92 Å². The van der Waals surface area contributed by atoms with Gasteiger partial charge < -0.3 is 15.0 Å². The average molecular weight is 270 g/mol. The van der Waals surface area contributed by atoms with Gasteiger partial charge in [-0.15, -0.1) is 0 Å². The fourth-order valence-electron chi connectivity index (χ4n) is 2.82. The molecule has 0 aromatic carbocycles. The van der Waals surface area contributed by atoms with Crippen LogP contribution in [0.1, 0.15) is 46.5 Å². The number of rotatable bonds is 8. The Balaban J connectivity index is 2.36. The van der Waals surface area contributed by atoms with Gasteiger partial charge in [0.1, 0.15) is 0 Å². The number of likely N-dealkylation sites (N-methyl/N-ethyl adjacent to an activating group) is 1. The molecule has 0 saturated carbocycles. The minimum Gasteiger partial charge on any atom is -0.466 e. The molecular weight excluding hydrogens is 240 g/mol. The molecule has 4 heteroatoms. The number of nitrogens with zero attached hydrogens (tertiary/aromatic N) is 1. The molecule has 0 amide bonds. The lowest BCUT2D eigenvalue weighted by Crippen LogP contribution is -2.49. The number of esters is 1. The Bertz CT molecular complexity index is 259. The van der Waals surface area contributed by atoms with Crippen molar-refractivity contribution in [3.63, 3.8) is 0 Å². The number of hydrogen-bond donors (Lipinski definition) is 1. The number of nitrogens with one attached hydrogen (secondary N) is 1. The summed E-state index contributed by atoms with van der Waals surface area (Å²) < 4.78 is 5.01. The Kier molecular flexibility index (Phi) is 8.07. The summed E-state index contributed by atoms with van der Waals surface area (Å²) in [6.45, 7) is 11.2. The second-order valence-electron chi connectivity index (χ2n) is 5.45. The van der Waals surface area contributed by atoms with E-state index in [9.17, 15) is 4.79 Å². The highest BCUT2D eigenvalue weighted by Gasteiger charge is 2.26. The summed E-state index contributed by atoms with van der Waals surface area (Å²) in [6.07, 6.45) is 3.89. The summed E-state index contributed by atoms with van der Waals surface area (Å²) in [5, 5.41) is 3.62. The van der Waals surface area contributed by atoms with Gasteiger partial charge in [0.15, 0.2) is 0 Å². The maximum absolute atomic E-state index is 11.4. The lowest BCUT2D eigenvalue weighted by atomic mass is 9.90. The van der Waals surface area contributed by atoms with Crippen LogP contribution >= 0.6 is 0 Å². The van der Waals surface area contributed by atoms with Gasteiger partial charge >= 0.3 is 5.97 Å². The zero-order valence-corrected chi connectivity index (χ0v) is 12.8. The standard InChI is InChI=1S/C15H30N2O2/c1-4-9-16-14-10-13(11-17(5-2)12-14)7-8-15(18)19-6-3/h13-14,16H,4-12H2,1-3H3. The van der Waals surface area contributed by atoms with Gasteiger partial charge in [0.05, 0.1) is 6.61 Å². The molecule has 1 heterocycles. The molecule has 0 aromatic heterocycles. The molecule has 1 saturated heterocycles. The van der Waals surface area contributed by atoms with Crippen LogP contribution in [-0.4, -0.2) is 49.7 Å². The average Bonchev–Trinajstić information content (AvgIpc) is 2.43. The number of carbonyl (C=O) groups is 1. The molecule has 0 radical (unpaired) electrons. The van der Waals surface area contributed by atoms with E-state index in [1.54, 1.807) is 0 Å². The van der Waals surface area contributed by atoms with E-state index >= 15 is 0 Å². The molecule has 0 aliphatic carbocycles. The Morgan fingerprint density at radius 3 is 2.74 bits per heavy atom. The van der Waals surface area contributed by atoms with Crippen molar-refractivity contribution in [2.24, 2.45) is 5.92 Å². The monoisotopic (exact) mass is 270 g/mol. The van der Waals surface area contributed by atoms with Crippen molar-refractivity contribution in [1.29, 1.82) is 0 Å². The molecular formula is C15H30N2O2. The SMILES string of the molecule is CCCNC1CC(CCC(=O)OCC)CN(CC)C1. The molecule has 0 bridgehead atoms. The molecule has 1 aliphatic rings. The van der Waals surface area contributed by atoms with Crippen molar-refractivity contribution < 1.29 is 9.53 Å². The Morgan fingerprint density at radius 1 is 1.32 bits per heavy atom. The molecule has 19 heavy (non-hydrogen) atoms. The zero-order chi connectivity index (χ0) is 14.1. The second kappa shape index (κ2) is 9.32. The van der Waals surface area contributed by atoms with E-state index in [0.717, 1.165) is 32.6 Å². The van der Waals surface area contributed by atoms with Crippen molar-refractivity contribution in [2.45, 2.75) is 52.5 Å². The number of likely N-dealkylation sites (tertiary alicyclic amines) is 1. The molecule has 1 rings (SSSR count). The van der Waals surface area contributed by atoms with Crippen molar-refractivity contribution in [2.75, 3.05) is 32.8 Å². The highest BCUT2D eigenvalue weighted by Crippen LogP contribution is 2.21. The van der Waals surface area contributed by atoms with Gasteiger partial charge in [-0.25, -0.2) is 0 Å². The third-order valence-corrected chi connectivity index (χ3v) is 3.81. The van der Waals surface area contributed by atoms with Crippen LogP contribution in [0.3, 0.4) is 0 Å². The van der Waals surface area contributed by atoms with Crippen LogP contribution in [0.5, 0.6) is 0 Å². The first-order valence-corrected chi connectivity index (χ1v) is 7.80. The number of carbonyl (C=O) groups excluding carboxylic acids is 1. The van der Waals surface area contributed by atoms with Crippen LogP contribution in [-0.2, 0) is 9.53 Å². The quantitative estimate of drug-likeness (QED) is 0.685. The number of piperidine rings is 1. The van der Waals surface area contributed by atoms with Crippen LogP contribution in [0, 0.1) is 5.92 Å². The number of ether oxygens (including phenoxy) is 1. The molecule has 2 atom stereocenters. The van der Waals surface area contributed by atoms with E-state index in [4.69, 9.17) is 4.74 Å². The second-order valence-corrected chi connectivity index (χ2v) is 5.45. The van der Waals surface area contributed by atoms with Crippen LogP contribution < -0.4 is 5.32 Å². The molecule has 2 unspecified atom stereocenters. The van der Waals surface area contributed by atoms with E-state index in [1.165, 1.54) is 12.8 Å². The summed E-state index contributed by atoms with van der Waals surface area (Å²) in [5.74, 6) is 0.571. The van der Waals surface area contributed by atoms with Crippen molar-refractivity contribution in [3.8, 4) is 0 Å². The van der Waals surface area contributed by atoms with Crippen molar-refractivity contribution >= 4 is 5.97 Å². The van der Waals surface area contributed by atoms with Gasteiger partial charge in [-0.2, -0.15) is 0 Å². The molecule has 1 N–H and O–H groups in total. The van der Waals surface area contributed by atoms with E-state index < -0.39 is 0 Å². The summed E-state index contributed by atoms with van der Waals surface area (Å²) in [7, 11) is 0. The minimum atomic E-state index is -0.0470. The predicted octanol–water partition coefficient (Wildman–Crippen LogP) is 2.04. The van der Waals surface area contributed by atoms with Crippen molar-refractivity contribution in [3.05, 3.63) is 0 Å². The Hall–Kier alpha value is -0.610. The lowest BCUT2D eigenvalue weighted by molar-refractivity contribution is -0.143. The van der Waals surface area contributed by atoms with Crippen LogP contribution in [0.25, 0.3) is 0 Å². The maximum atomic E-state index is 11.4. The topological polar surface area (TPSA) is 41.6 Å². The van der Waals surface area contributed by atoms with Gasteiger partial charge in [-0.3, -0.25) is 4.79 Å². The highest BCUT2D eigenvalue weighted by molar-refractivity contribution is 5.69. The van der Waals surface area contributed by atoms with Gasteiger partial charge in [-0.1, -0.05) is 13.8 Å². The largest absolute Gasteiger partial charge is 0.466 e. The van der Waals surface area contributed by atoms with Crippen LogP contribution in [0.15, 0.2) is 0 Å². The molecule has 112 valence electrons. The third kappa shape index (κ3) is 6.39. The van der Waals surface area contributed by atoms with Gasteiger partial charge in [0.2, 0.25) is 0 Å². The highest BCUT2D eigenvalue weighted by atomic mass is 16.5. The first kappa shape index (κ1) is 16.4. The lowest BCUT2D eigenvalue weighted by Gasteiger charge is -2.37. The maximum Gasteiger partial charge on any atom is 0.305 e. The van der Waals surface area contributed by atoms with Crippen molar-refractivity contribution in [1.82, 2.24) is 10.2 Å². The molecule has 0 aromatic rings. The smallest absolute Gasteiger partial charge is 0.305 e. The van der Waals surface area contributed by atoms with Crippen LogP contribution in [0.2, 0.25) is 0 Å². The normalized spacial score (nSPS) is 24.4. The fraction of sp³-hybridized carbons (Fsp3) is 0.933. The predicted molar refractivity (Wildman–Crippen MR) is 78.2 cm³/mol. The van der Waals surface area contributed by atoms with Gasteiger partial charge in [0.25, 0.3) is 0 Å². The Morgan fingerprint density at radius 2 is 2.11 bits per heavy atom. The Labute approximate surface area is 117 Å². The fourth-order valence-corrected chi connectivity index (χ4v) is 2.82. The zero-order valence-electron chi connectivity index (χ0n) is 12.8. The first-order valence-electron chi connectivity index (χ1n) is 7.80. The van der Waals surface area contributed by atoms with E-state index in [0.29, 0.717) is 25.0 Å². The molecule has 0 spiro atoms. The van der Waals surface area contributed by atoms with E-state index in [-0.39, 0.29) is 5.97 Å². The summed E-state index contributed by atoms with van der Waals surface area (Å²) in [6, 6.07) is 0.584. The minimum absolute atomic E-state index is 0.0470. The van der Waals surface area contributed by atoms with E-state index in [2.05, 4.69) is 24.1 Å². The molecule has 1 fully saturated rings. The third-order valence-electron chi connectivity index (χ3n) is 3.81. The molecule has 1 aliphatic heterocycles. The van der Waals surface area contributed by atoms with Gasteiger partial charge in [0, 0.05) is 25.6 Å². The summed E-state index contributed by atoms with van der Waals surface area (Å²) in [4.78, 5) is 13.9. The molecule has 4 nitrogen and oxygen atoms in total. The summed E-state index contributed by atoms with van der Waals surface area (Å²) >= 11 is 0. The summed E-state index contributed by atoms with van der Waals surface area (Å²) in [5.41, 5.74) is 0.